The zero-order chi connectivity index (χ0) is 17.5. The van der Waals surface area contributed by atoms with Crippen molar-refractivity contribution in [3.8, 4) is 16.3 Å². The fraction of sp³-hybridized carbons (Fsp3) is 0.278. The predicted octanol–water partition coefficient (Wildman–Crippen LogP) is 3.45. The zero-order valence-corrected chi connectivity index (χ0v) is 14.7. The third-order valence-electron chi connectivity index (χ3n) is 3.42. The number of ether oxygens (including phenoxy) is 2. The summed E-state index contributed by atoms with van der Waals surface area (Å²) in [5, 5.41) is 6.89. The zero-order valence-electron chi connectivity index (χ0n) is 13.9. The SMILES string of the molecule is Cn1cc(-c2nc(COC(=O)CCCOc3ccccc3)cs2)cn1. The maximum atomic E-state index is 11.8. The lowest BCUT2D eigenvalue weighted by Gasteiger charge is -2.06. The fourth-order valence-corrected chi connectivity index (χ4v) is 2.97. The molecule has 0 atom stereocenters. The second-order valence-electron chi connectivity index (χ2n) is 5.47. The molecule has 0 radical (unpaired) electrons. The Bertz CT molecular complexity index is 814. The molecule has 25 heavy (non-hydrogen) atoms. The minimum absolute atomic E-state index is 0.190. The lowest BCUT2D eigenvalue weighted by molar-refractivity contribution is -0.145. The van der Waals surface area contributed by atoms with Crippen molar-refractivity contribution in [3.05, 3.63) is 53.8 Å². The van der Waals surface area contributed by atoms with E-state index in [2.05, 4.69) is 10.1 Å². The monoisotopic (exact) mass is 357 g/mol. The van der Waals surface area contributed by atoms with Gasteiger partial charge in [-0.2, -0.15) is 5.10 Å². The highest BCUT2D eigenvalue weighted by molar-refractivity contribution is 7.13. The molecule has 3 rings (SSSR count). The fourth-order valence-electron chi connectivity index (χ4n) is 2.19. The van der Waals surface area contributed by atoms with Crippen LogP contribution in [0.3, 0.4) is 0 Å². The van der Waals surface area contributed by atoms with E-state index >= 15 is 0 Å². The molecular weight excluding hydrogens is 338 g/mol. The van der Waals surface area contributed by atoms with Gasteiger partial charge >= 0.3 is 5.97 Å². The van der Waals surface area contributed by atoms with Crippen LogP contribution >= 0.6 is 11.3 Å². The van der Waals surface area contributed by atoms with Crippen LogP contribution in [0.1, 0.15) is 18.5 Å². The summed E-state index contributed by atoms with van der Waals surface area (Å²) in [5.74, 6) is 0.564. The van der Waals surface area contributed by atoms with Gasteiger partial charge in [-0.3, -0.25) is 9.48 Å². The lowest BCUT2D eigenvalue weighted by Crippen LogP contribution is -2.07. The molecular formula is C18H19N3O3S. The minimum Gasteiger partial charge on any atom is -0.494 e. The van der Waals surface area contributed by atoms with Crippen molar-refractivity contribution in [2.75, 3.05) is 6.61 Å². The van der Waals surface area contributed by atoms with E-state index in [0.717, 1.165) is 22.0 Å². The summed E-state index contributed by atoms with van der Waals surface area (Å²) in [6.07, 6.45) is 4.61. The Morgan fingerprint density at radius 1 is 1.28 bits per heavy atom. The Kier molecular flexibility index (Phi) is 5.79. The molecule has 0 N–H and O–H groups in total. The van der Waals surface area contributed by atoms with E-state index in [1.807, 2.05) is 49.0 Å². The maximum absolute atomic E-state index is 11.8. The molecule has 130 valence electrons. The van der Waals surface area contributed by atoms with Crippen molar-refractivity contribution in [1.82, 2.24) is 14.8 Å². The van der Waals surface area contributed by atoms with E-state index < -0.39 is 0 Å². The first-order chi connectivity index (χ1) is 12.2. The highest BCUT2D eigenvalue weighted by atomic mass is 32.1. The third-order valence-corrected chi connectivity index (χ3v) is 4.36. The number of aryl methyl sites for hydroxylation is 1. The summed E-state index contributed by atoms with van der Waals surface area (Å²) in [6.45, 7) is 0.677. The molecule has 6 nitrogen and oxygen atoms in total. The van der Waals surface area contributed by atoms with Gasteiger partial charge in [-0.25, -0.2) is 4.98 Å². The lowest BCUT2D eigenvalue weighted by atomic mass is 10.3. The highest BCUT2D eigenvalue weighted by Crippen LogP contribution is 2.23. The Labute approximate surface area is 150 Å². The van der Waals surface area contributed by atoms with Gasteiger partial charge in [0.2, 0.25) is 0 Å². The van der Waals surface area contributed by atoms with Crippen molar-refractivity contribution >= 4 is 17.3 Å². The van der Waals surface area contributed by atoms with Gasteiger partial charge in [0, 0.05) is 30.6 Å². The number of thiazole rings is 1. The van der Waals surface area contributed by atoms with Crippen molar-refractivity contribution in [1.29, 1.82) is 0 Å². The molecule has 1 aromatic carbocycles. The standard InChI is InChI=1S/C18H19N3O3S/c1-21-11-14(10-19-21)18-20-15(13-25-18)12-24-17(22)8-5-9-23-16-6-3-2-4-7-16/h2-4,6-7,10-11,13H,5,8-9,12H2,1H3. The summed E-state index contributed by atoms with van der Waals surface area (Å²) in [6, 6.07) is 9.54. The molecule has 0 aliphatic rings. The number of carbonyl (C=O) groups excluding carboxylic acids is 1. The van der Waals surface area contributed by atoms with E-state index in [4.69, 9.17) is 9.47 Å². The Morgan fingerprint density at radius 2 is 2.12 bits per heavy atom. The normalized spacial score (nSPS) is 10.6. The van der Waals surface area contributed by atoms with Crippen molar-refractivity contribution < 1.29 is 14.3 Å². The molecule has 0 unspecified atom stereocenters. The van der Waals surface area contributed by atoms with Gasteiger partial charge in [0.15, 0.2) is 0 Å². The second-order valence-corrected chi connectivity index (χ2v) is 6.33. The summed E-state index contributed by atoms with van der Waals surface area (Å²) < 4.78 is 12.5. The number of benzene rings is 1. The van der Waals surface area contributed by atoms with E-state index in [0.29, 0.717) is 19.4 Å². The molecule has 0 fully saturated rings. The smallest absolute Gasteiger partial charge is 0.306 e. The predicted molar refractivity (Wildman–Crippen MR) is 95.3 cm³/mol. The Balaban J connectivity index is 1.37. The molecule has 7 heteroatoms. The quantitative estimate of drug-likeness (QED) is 0.456. The van der Waals surface area contributed by atoms with Gasteiger partial charge in [-0.1, -0.05) is 18.2 Å². The number of hydrogen-bond acceptors (Lipinski definition) is 6. The number of aromatic nitrogens is 3. The van der Waals surface area contributed by atoms with Gasteiger partial charge < -0.3 is 9.47 Å². The molecule has 3 aromatic rings. The molecule has 0 saturated carbocycles. The van der Waals surface area contributed by atoms with E-state index in [1.165, 1.54) is 11.3 Å². The number of rotatable bonds is 8. The first-order valence-corrected chi connectivity index (χ1v) is 8.85. The average Bonchev–Trinajstić information content (AvgIpc) is 3.26. The number of para-hydroxylation sites is 1. The number of hydrogen-bond donors (Lipinski definition) is 0. The number of nitrogens with zero attached hydrogens (tertiary/aromatic N) is 3. The van der Waals surface area contributed by atoms with Gasteiger partial charge in [-0.15, -0.1) is 11.3 Å². The van der Waals surface area contributed by atoms with Crippen LogP contribution in [0, 0.1) is 0 Å². The van der Waals surface area contributed by atoms with Crippen LogP contribution in [0.2, 0.25) is 0 Å². The van der Waals surface area contributed by atoms with Crippen molar-refractivity contribution in [2.45, 2.75) is 19.4 Å². The molecule has 2 aromatic heterocycles. The maximum Gasteiger partial charge on any atom is 0.306 e. The number of esters is 1. The van der Waals surface area contributed by atoms with Crippen LogP contribution in [0.4, 0.5) is 0 Å². The van der Waals surface area contributed by atoms with E-state index in [9.17, 15) is 4.79 Å². The molecule has 0 saturated heterocycles. The van der Waals surface area contributed by atoms with Crippen molar-refractivity contribution in [2.24, 2.45) is 7.05 Å². The molecule has 0 bridgehead atoms. The van der Waals surface area contributed by atoms with Gasteiger partial charge in [0.1, 0.15) is 17.4 Å². The second kappa shape index (κ2) is 8.43. The largest absolute Gasteiger partial charge is 0.494 e. The van der Waals surface area contributed by atoms with Crippen LogP contribution in [-0.2, 0) is 23.2 Å². The minimum atomic E-state index is -0.243. The van der Waals surface area contributed by atoms with Crippen LogP contribution < -0.4 is 4.74 Å². The van der Waals surface area contributed by atoms with Gasteiger partial charge in [0.05, 0.1) is 18.5 Å². The molecule has 0 aliphatic carbocycles. The van der Waals surface area contributed by atoms with Crippen LogP contribution in [0.25, 0.3) is 10.6 Å². The molecule has 0 aliphatic heterocycles. The molecule has 2 heterocycles. The Hall–Kier alpha value is -2.67. The average molecular weight is 357 g/mol. The first-order valence-electron chi connectivity index (χ1n) is 7.97. The van der Waals surface area contributed by atoms with E-state index in [-0.39, 0.29) is 12.6 Å². The van der Waals surface area contributed by atoms with E-state index in [1.54, 1.807) is 10.9 Å². The number of carbonyl (C=O) groups is 1. The van der Waals surface area contributed by atoms with Gasteiger partial charge in [-0.05, 0) is 18.6 Å². The summed E-state index contributed by atoms with van der Waals surface area (Å²) in [7, 11) is 1.86. The Morgan fingerprint density at radius 3 is 2.88 bits per heavy atom. The topological polar surface area (TPSA) is 66.2 Å². The molecule has 0 spiro atoms. The van der Waals surface area contributed by atoms with Crippen LogP contribution in [0.15, 0.2) is 48.1 Å². The summed E-state index contributed by atoms with van der Waals surface area (Å²) in [4.78, 5) is 16.3. The van der Waals surface area contributed by atoms with Crippen LogP contribution in [0.5, 0.6) is 5.75 Å². The highest BCUT2D eigenvalue weighted by Gasteiger charge is 2.09. The summed E-state index contributed by atoms with van der Waals surface area (Å²) >= 11 is 1.51. The third kappa shape index (κ3) is 5.15. The molecule has 0 amide bonds. The van der Waals surface area contributed by atoms with Crippen LogP contribution in [-0.4, -0.2) is 27.3 Å². The van der Waals surface area contributed by atoms with Gasteiger partial charge in [0.25, 0.3) is 0 Å². The van der Waals surface area contributed by atoms with Crippen molar-refractivity contribution in [3.63, 3.8) is 0 Å². The first kappa shape index (κ1) is 17.2. The summed E-state index contributed by atoms with van der Waals surface area (Å²) in [5.41, 5.74) is 1.71.